The van der Waals surface area contributed by atoms with Crippen LogP contribution in [0.25, 0.3) is 23.0 Å². The van der Waals surface area contributed by atoms with Gasteiger partial charge in [-0.3, -0.25) is 9.59 Å². The van der Waals surface area contributed by atoms with Crippen molar-refractivity contribution < 1.29 is 14.3 Å². The number of rotatable bonds is 9. The average Bonchev–Trinajstić information content (AvgIpc) is 3.33. The van der Waals surface area contributed by atoms with Crippen molar-refractivity contribution in [3.63, 3.8) is 0 Å². The van der Waals surface area contributed by atoms with Gasteiger partial charge in [-0.2, -0.15) is 5.10 Å². The Labute approximate surface area is 210 Å². The maximum atomic E-state index is 13.1. The zero-order chi connectivity index (χ0) is 25.3. The van der Waals surface area contributed by atoms with Gasteiger partial charge >= 0.3 is 0 Å². The fourth-order valence-electron chi connectivity index (χ4n) is 3.60. The Hall–Kier alpha value is -4.49. The molecule has 2 N–H and O–H groups in total. The molecule has 0 spiro atoms. The van der Waals surface area contributed by atoms with Gasteiger partial charge in [0.25, 0.3) is 11.8 Å². The first-order valence-electron chi connectivity index (χ1n) is 11.6. The highest BCUT2D eigenvalue weighted by molar-refractivity contribution is 6.05. The lowest BCUT2D eigenvalue weighted by molar-refractivity contribution is -0.117. The number of amides is 2. The van der Waals surface area contributed by atoms with Gasteiger partial charge in [-0.25, -0.2) is 4.68 Å². The second-order valence-electron chi connectivity index (χ2n) is 8.21. The van der Waals surface area contributed by atoms with E-state index in [1.165, 1.54) is 0 Å². The van der Waals surface area contributed by atoms with Crippen LogP contribution in [-0.2, 0) is 9.53 Å². The monoisotopic (exact) mass is 480 g/mol. The predicted octanol–water partition coefficient (Wildman–Crippen LogP) is 4.38. The summed E-state index contributed by atoms with van der Waals surface area (Å²) in [5, 5.41) is 10.4. The predicted molar refractivity (Wildman–Crippen MR) is 141 cm³/mol. The third-order valence-corrected chi connectivity index (χ3v) is 5.51. The van der Waals surface area contributed by atoms with Crippen molar-refractivity contribution in [1.29, 1.82) is 0 Å². The van der Waals surface area contributed by atoms with Crippen LogP contribution in [-0.4, -0.2) is 41.9 Å². The molecule has 182 valence electrons. The average molecular weight is 481 g/mol. The Morgan fingerprint density at radius 3 is 2.28 bits per heavy atom. The Balaban J connectivity index is 1.75. The van der Waals surface area contributed by atoms with Crippen molar-refractivity contribution >= 4 is 17.9 Å². The van der Waals surface area contributed by atoms with Gasteiger partial charge in [-0.1, -0.05) is 66.2 Å². The van der Waals surface area contributed by atoms with Crippen LogP contribution in [0.5, 0.6) is 0 Å². The summed E-state index contributed by atoms with van der Waals surface area (Å²) in [6.07, 6.45) is 3.50. The van der Waals surface area contributed by atoms with E-state index >= 15 is 0 Å². The Morgan fingerprint density at radius 1 is 0.944 bits per heavy atom. The minimum absolute atomic E-state index is 0.112. The highest BCUT2D eigenvalue weighted by atomic mass is 16.5. The third kappa shape index (κ3) is 6.14. The first kappa shape index (κ1) is 24.6. The molecule has 0 saturated heterocycles. The van der Waals surface area contributed by atoms with E-state index in [4.69, 9.17) is 9.84 Å². The molecular formula is C29H28N4O3. The molecular weight excluding hydrogens is 452 g/mol. The van der Waals surface area contributed by atoms with E-state index in [0.29, 0.717) is 30.0 Å². The lowest BCUT2D eigenvalue weighted by Gasteiger charge is -2.11. The summed E-state index contributed by atoms with van der Waals surface area (Å²) in [5.74, 6) is -0.793. The molecule has 0 aliphatic rings. The zero-order valence-electron chi connectivity index (χ0n) is 20.3. The van der Waals surface area contributed by atoms with Crippen molar-refractivity contribution in [2.75, 3.05) is 20.3 Å². The molecule has 2 amide bonds. The summed E-state index contributed by atoms with van der Waals surface area (Å²) in [7, 11) is 1.56. The van der Waals surface area contributed by atoms with E-state index in [9.17, 15) is 9.59 Å². The summed E-state index contributed by atoms with van der Waals surface area (Å²) >= 11 is 0. The van der Waals surface area contributed by atoms with Crippen LogP contribution in [0.2, 0.25) is 0 Å². The van der Waals surface area contributed by atoms with Crippen LogP contribution in [0, 0.1) is 6.92 Å². The molecule has 0 aliphatic heterocycles. The van der Waals surface area contributed by atoms with Crippen molar-refractivity contribution in [1.82, 2.24) is 20.4 Å². The quantitative estimate of drug-likeness (QED) is 0.275. The number of hydrogen-bond acceptors (Lipinski definition) is 4. The molecule has 1 heterocycles. The second-order valence-corrected chi connectivity index (χ2v) is 8.21. The Bertz CT molecular complexity index is 1340. The first-order valence-corrected chi connectivity index (χ1v) is 11.6. The lowest BCUT2D eigenvalue weighted by atomic mass is 10.1. The number of aromatic nitrogens is 2. The Kier molecular flexibility index (Phi) is 8.05. The van der Waals surface area contributed by atoms with E-state index in [2.05, 4.69) is 10.6 Å². The molecule has 7 nitrogen and oxygen atoms in total. The normalized spacial score (nSPS) is 11.2. The molecule has 3 aromatic carbocycles. The highest BCUT2D eigenvalue weighted by Crippen LogP contribution is 2.25. The zero-order valence-corrected chi connectivity index (χ0v) is 20.3. The van der Waals surface area contributed by atoms with Crippen LogP contribution in [0.3, 0.4) is 0 Å². The molecule has 0 fully saturated rings. The molecule has 0 atom stereocenters. The van der Waals surface area contributed by atoms with Gasteiger partial charge < -0.3 is 15.4 Å². The van der Waals surface area contributed by atoms with E-state index in [-0.39, 0.29) is 11.6 Å². The van der Waals surface area contributed by atoms with E-state index < -0.39 is 5.91 Å². The van der Waals surface area contributed by atoms with Crippen LogP contribution < -0.4 is 10.6 Å². The minimum Gasteiger partial charge on any atom is -0.383 e. The molecule has 1 aromatic heterocycles. The van der Waals surface area contributed by atoms with Gasteiger partial charge in [0.2, 0.25) is 0 Å². The summed E-state index contributed by atoms with van der Waals surface area (Å²) in [4.78, 5) is 26.1. The molecule has 7 heteroatoms. The molecule has 0 radical (unpaired) electrons. The van der Waals surface area contributed by atoms with Gasteiger partial charge in [0.1, 0.15) is 11.4 Å². The number of nitrogens with one attached hydrogen (secondary N) is 2. The molecule has 4 rings (SSSR count). The van der Waals surface area contributed by atoms with Gasteiger partial charge in [-0.15, -0.1) is 0 Å². The van der Waals surface area contributed by atoms with Crippen LogP contribution in [0.4, 0.5) is 0 Å². The van der Waals surface area contributed by atoms with Crippen LogP contribution >= 0.6 is 0 Å². The standard InChI is InChI=1S/C29H28N4O3/c1-21-13-15-23(16-14-21)28(34)31-26(29(35)30-17-18-36-2)19-24-20-33(25-11-7-4-8-12-25)32-27(24)22-9-5-3-6-10-22/h3-16,19-20H,17-18H2,1-2H3,(H,30,35)(H,31,34)/b26-19+. The molecule has 0 unspecified atom stereocenters. The molecule has 0 bridgehead atoms. The van der Waals surface area contributed by atoms with Crippen molar-refractivity contribution in [3.05, 3.63) is 114 Å². The van der Waals surface area contributed by atoms with Gasteiger partial charge in [0, 0.05) is 36.5 Å². The summed E-state index contributed by atoms with van der Waals surface area (Å²) in [6.45, 7) is 2.61. The summed E-state index contributed by atoms with van der Waals surface area (Å²) in [5.41, 5.74) is 4.75. The van der Waals surface area contributed by atoms with Crippen LogP contribution in [0.1, 0.15) is 21.5 Å². The van der Waals surface area contributed by atoms with Crippen molar-refractivity contribution in [3.8, 4) is 16.9 Å². The number of carbonyl (C=O) groups is 2. The molecule has 36 heavy (non-hydrogen) atoms. The molecule has 4 aromatic rings. The topological polar surface area (TPSA) is 85.2 Å². The largest absolute Gasteiger partial charge is 0.383 e. The Morgan fingerprint density at radius 2 is 1.61 bits per heavy atom. The number of ether oxygens (including phenoxy) is 1. The maximum absolute atomic E-state index is 13.1. The fraction of sp³-hybridized carbons (Fsp3) is 0.138. The number of hydrogen-bond donors (Lipinski definition) is 2. The molecule has 0 aliphatic carbocycles. The summed E-state index contributed by atoms with van der Waals surface area (Å²) < 4.78 is 6.81. The SMILES string of the molecule is COCCNC(=O)/C(=C\c1cn(-c2ccccc2)nc1-c1ccccc1)NC(=O)c1ccc(C)cc1. The highest BCUT2D eigenvalue weighted by Gasteiger charge is 2.18. The van der Waals surface area contributed by atoms with Gasteiger partial charge in [0.05, 0.1) is 12.3 Å². The van der Waals surface area contributed by atoms with Gasteiger partial charge in [-0.05, 0) is 37.3 Å². The van der Waals surface area contributed by atoms with E-state index in [1.807, 2.05) is 85.9 Å². The number of aryl methyl sites for hydroxylation is 1. The lowest BCUT2D eigenvalue weighted by Crippen LogP contribution is -2.36. The fourth-order valence-corrected chi connectivity index (χ4v) is 3.60. The number of methoxy groups -OCH3 is 1. The number of carbonyl (C=O) groups excluding carboxylic acids is 2. The van der Waals surface area contributed by atoms with E-state index in [1.54, 1.807) is 30.0 Å². The number of benzene rings is 3. The van der Waals surface area contributed by atoms with E-state index in [0.717, 1.165) is 16.8 Å². The van der Waals surface area contributed by atoms with Crippen LogP contribution in [0.15, 0.2) is 96.8 Å². The second kappa shape index (κ2) is 11.8. The van der Waals surface area contributed by atoms with Gasteiger partial charge in [0.15, 0.2) is 0 Å². The number of para-hydroxylation sites is 1. The minimum atomic E-state index is -0.418. The summed E-state index contributed by atoms with van der Waals surface area (Å²) in [6, 6.07) is 26.6. The third-order valence-electron chi connectivity index (χ3n) is 5.51. The van der Waals surface area contributed by atoms with Crippen molar-refractivity contribution in [2.45, 2.75) is 6.92 Å². The first-order chi connectivity index (χ1) is 17.5. The van der Waals surface area contributed by atoms with Crippen molar-refractivity contribution in [2.24, 2.45) is 0 Å². The number of nitrogens with zero attached hydrogens (tertiary/aromatic N) is 2. The molecule has 0 saturated carbocycles. The maximum Gasteiger partial charge on any atom is 0.267 e. The smallest absolute Gasteiger partial charge is 0.267 e.